The Balaban J connectivity index is 1.25. The number of hydrogen-bond donors (Lipinski definition) is 1. The lowest BCUT2D eigenvalue weighted by atomic mass is 9.08. The van der Waals surface area contributed by atoms with Gasteiger partial charge in [-0.05, 0) is 86.9 Å². The Morgan fingerprint density at radius 2 is 1.83 bits per heavy atom. The molecule has 4 saturated carbocycles. The SMILES string of the molecule is CNC1CCN(CC23CC4CC5CC(c6ccccc6)(C2)C453)CC1. The van der Waals surface area contributed by atoms with E-state index < -0.39 is 0 Å². The Kier molecular flexibility index (Phi) is 2.66. The van der Waals surface area contributed by atoms with Gasteiger partial charge in [0.25, 0.3) is 0 Å². The largest absolute Gasteiger partial charge is 0.317 e. The lowest BCUT2D eigenvalue weighted by Gasteiger charge is -2.96. The van der Waals surface area contributed by atoms with Crippen LogP contribution in [0.4, 0.5) is 0 Å². The zero-order chi connectivity index (χ0) is 16.0. The molecular weight excluding hydrogens is 292 g/mol. The summed E-state index contributed by atoms with van der Waals surface area (Å²) >= 11 is 0. The van der Waals surface area contributed by atoms with Crippen LogP contribution in [0, 0.1) is 22.7 Å². The zero-order valence-electron chi connectivity index (χ0n) is 14.9. The normalized spacial score (nSPS) is 49.0. The lowest BCUT2D eigenvalue weighted by molar-refractivity contribution is -0.449. The van der Waals surface area contributed by atoms with Gasteiger partial charge in [0.15, 0.2) is 0 Å². The predicted octanol–water partition coefficient (Wildman–Crippen LogP) is 3.43. The fourth-order valence-corrected chi connectivity index (χ4v) is 8.68. The van der Waals surface area contributed by atoms with E-state index in [1.165, 1.54) is 45.3 Å². The van der Waals surface area contributed by atoms with Gasteiger partial charge in [-0.1, -0.05) is 30.3 Å². The van der Waals surface area contributed by atoms with Crippen LogP contribution in [-0.4, -0.2) is 37.6 Å². The third kappa shape index (κ3) is 1.34. The summed E-state index contributed by atoms with van der Waals surface area (Å²) in [5.41, 5.74) is 3.70. The van der Waals surface area contributed by atoms with Crippen LogP contribution in [0.5, 0.6) is 0 Å². The molecule has 0 bridgehead atoms. The molecule has 5 fully saturated rings. The smallest absolute Gasteiger partial charge is 0.00884 e. The molecule has 1 aliphatic heterocycles. The van der Waals surface area contributed by atoms with Crippen molar-refractivity contribution in [3.63, 3.8) is 0 Å². The summed E-state index contributed by atoms with van der Waals surface area (Å²) in [6.07, 6.45) is 8.77. The second-order valence-corrected chi connectivity index (χ2v) is 9.65. The maximum Gasteiger partial charge on any atom is 0.00884 e. The molecule has 1 aromatic rings. The summed E-state index contributed by atoms with van der Waals surface area (Å²) in [7, 11) is 2.13. The number of hydrogen-bond acceptors (Lipinski definition) is 2. The maximum absolute atomic E-state index is 3.48. The van der Waals surface area contributed by atoms with Crippen LogP contribution in [-0.2, 0) is 5.41 Å². The summed E-state index contributed by atoms with van der Waals surface area (Å²) in [5.74, 6) is 2.14. The average Bonchev–Trinajstić information content (AvgIpc) is 2.57. The topological polar surface area (TPSA) is 15.3 Å². The van der Waals surface area contributed by atoms with Gasteiger partial charge in [0, 0.05) is 18.0 Å². The summed E-state index contributed by atoms with van der Waals surface area (Å²) in [6, 6.07) is 12.3. The van der Waals surface area contributed by atoms with E-state index in [2.05, 4.69) is 47.6 Å². The summed E-state index contributed by atoms with van der Waals surface area (Å²) < 4.78 is 0. The van der Waals surface area contributed by atoms with Gasteiger partial charge in [-0.25, -0.2) is 0 Å². The minimum atomic E-state index is 0.587. The second-order valence-electron chi connectivity index (χ2n) is 9.65. The van der Waals surface area contributed by atoms with E-state index in [9.17, 15) is 0 Å². The maximum atomic E-state index is 3.48. The van der Waals surface area contributed by atoms with Crippen molar-refractivity contribution in [3.05, 3.63) is 35.9 Å². The highest BCUT2D eigenvalue weighted by atomic mass is 15.2. The van der Waals surface area contributed by atoms with Gasteiger partial charge < -0.3 is 10.2 Å². The van der Waals surface area contributed by atoms with E-state index in [4.69, 9.17) is 0 Å². The Labute approximate surface area is 146 Å². The van der Waals surface area contributed by atoms with Crippen molar-refractivity contribution in [1.29, 1.82) is 0 Å². The highest BCUT2D eigenvalue weighted by Gasteiger charge is 2.93. The van der Waals surface area contributed by atoms with Crippen molar-refractivity contribution >= 4 is 0 Å². The van der Waals surface area contributed by atoms with Crippen LogP contribution in [0.25, 0.3) is 0 Å². The molecule has 1 N–H and O–H groups in total. The molecule has 1 aromatic carbocycles. The first-order chi connectivity index (χ1) is 11.7. The van der Waals surface area contributed by atoms with Crippen LogP contribution < -0.4 is 5.32 Å². The molecule has 1 spiro atoms. The van der Waals surface area contributed by atoms with Crippen LogP contribution in [0.3, 0.4) is 0 Å². The predicted molar refractivity (Wildman–Crippen MR) is 97.0 cm³/mol. The van der Waals surface area contributed by atoms with Crippen LogP contribution in [0.1, 0.15) is 44.1 Å². The molecule has 1 saturated heterocycles. The fraction of sp³-hybridized carbons (Fsp3) is 0.727. The first kappa shape index (κ1) is 14.3. The van der Waals surface area contributed by atoms with Crippen molar-refractivity contribution in [3.8, 4) is 0 Å². The number of likely N-dealkylation sites (tertiary alicyclic amines) is 1. The highest BCUT2D eigenvalue weighted by molar-refractivity contribution is 5.51. The molecule has 2 heteroatoms. The molecule has 6 rings (SSSR count). The third-order valence-electron chi connectivity index (χ3n) is 9.25. The summed E-state index contributed by atoms with van der Waals surface area (Å²) in [6.45, 7) is 4.04. The van der Waals surface area contributed by atoms with Crippen LogP contribution in [0.15, 0.2) is 30.3 Å². The lowest BCUT2D eigenvalue weighted by Crippen LogP contribution is -2.93. The van der Waals surface area contributed by atoms with E-state index in [0.717, 1.165) is 23.3 Å². The Morgan fingerprint density at radius 1 is 1.08 bits per heavy atom. The Hall–Kier alpha value is -0.860. The first-order valence-electron chi connectivity index (χ1n) is 10.2. The molecule has 0 radical (unpaired) electrons. The summed E-state index contributed by atoms with van der Waals surface area (Å²) in [5, 5.41) is 3.48. The molecule has 5 unspecified atom stereocenters. The van der Waals surface area contributed by atoms with Crippen LogP contribution in [0.2, 0.25) is 0 Å². The van der Waals surface area contributed by atoms with Crippen molar-refractivity contribution in [2.45, 2.75) is 50.0 Å². The molecule has 128 valence electrons. The zero-order valence-corrected chi connectivity index (χ0v) is 14.9. The minimum Gasteiger partial charge on any atom is -0.317 e. The second kappa shape index (κ2) is 4.45. The Bertz CT molecular complexity index is 658. The van der Waals surface area contributed by atoms with Gasteiger partial charge in [-0.2, -0.15) is 0 Å². The van der Waals surface area contributed by atoms with E-state index >= 15 is 0 Å². The highest BCUT2D eigenvalue weighted by Crippen LogP contribution is 2.97. The minimum absolute atomic E-state index is 0.587. The number of nitrogens with one attached hydrogen (secondary N) is 1. The van der Waals surface area contributed by atoms with Crippen molar-refractivity contribution < 1.29 is 0 Å². The van der Waals surface area contributed by atoms with Crippen molar-refractivity contribution in [2.24, 2.45) is 22.7 Å². The van der Waals surface area contributed by atoms with Crippen molar-refractivity contribution in [2.75, 3.05) is 26.7 Å². The molecule has 0 amide bonds. The third-order valence-corrected chi connectivity index (χ3v) is 9.25. The first-order valence-corrected chi connectivity index (χ1v) is 10.2. The average molecular weight is 322 g/mol. The molecule has 1 heterocycles. The molecular formula is C22H30N2. The van der Waals surface area contributed by atoms with E-state index in [-0.39, 0.29) is 0 Å². The fourth-order valence-electron chi connectivity index (χ4n) is 8.68. The molecule has 4 aliphatic carbocycles. The van der Waals surface area contributed by atoms with Gasteiger partial charge >= 0.3 is 0 Å². The Morgan fingerprint density at radius 3 is 2.50 bits per heavy atom. The molecule has 2 nitrogen and oxygen atoms in total. The van der Waals surface area contributed by atoms with E-state index in [1.807, 2.05) is 0 Å². The van der Waals surface area contributed by atoms with Crippen molar-refractivity contribution in [1.82, 2.24) is 10.2 Å². The van der Waals surface area contributed by atoms with E-state index in [1.54, 1.807) is 18.4 Å². The standard InChI is InChI=1S/C22H30N2/c1-23-19-7-9-24(10-8-19)15-20-12-17-11-18-13-21(14-20,22(17,18)20)16-5-3-2-4-6-16/h2-6,17-19,23H,7-15H2,1H3. The van der Waals surface area contributed by atoms with Gasteiger partial charge in [-0.3, -0.25) is 0 Å². The number of benzene rings is 1. The van der Waals surface area contributed by atoms with Gasteiger partial charge in [-0.15, -0.1) is 0 Å². The quantitative estimate of drug-likeness (QED) is 0.914. The summed E-state index contributed by atoms with van der Waals surface area (Å²) in [4.78, 5) is 2.82. The van der Waals surface area contributed by atoms with E-state index in [0.29, 0.717) is 10.8 Å². The van der Waals surface area contributed by atoms with Gasteiger partial charge in [0.05, 0.1) is 0 Å². The van der Waals surface area contributed by atoms with Gasteiger partial charge in [0.1, 0.15) is 0 Å². The molecule has 0 aromatic heterocycles. The molecule has 24 heavy (non-hydrogen) atoms. The number of piperidine rings is 1. The van der Waals surface area contributed by atoms with Crippen LogP contribution >= 0.6 is 0 Å². The number of rotatable bonds is 4. The molecule has 5 atom stereocenters. The number of nitrogens with zero attached hydrogens (tertiary/aromatic N) is 1. The monoisotopic (exact) mass is 322 g/mol. The molecule has 5 aliphatic rings. The van der Waals surface area contributed by atoms with Gasteiger partial charge in [0.2, 0.25) is 0 Å².